The maximum Gasteiger partial charge on any atom is 0.234 e. The lowest BCUT2D eigenvalue weighted by atomic mass is 10.2. The highest BCUT2D eigenvalue weighted by atomic mass is 35.5. The van der Waals surface area contributed by atoms with Crippen LogP contribution >= 0.6 is 23.4 Å². The molecule has 0 fully saturated rings. The highest BCUT2D eigenvalue weighted by Gasteiger charge is 2.16. The van der Waals surface area contributed by atoms with Gasteiger partial charge in [-0.05, 0) is 24.3 Å². The highest BCUT2D eigenvalue weighted by Crippen LogP contribution is 2.22. The molecular formula is C16H21ClN4O2S. The van der Waals surface area contributed by atoms with E-state index in [0.29, 0.717) is 23.9 Å². The Kier molecular flexibility index (Phi) is 7.08. The van der Waals surface area contributed by atoms with E-state index in [1.807, 2.05) is 4.57 Å². The Labute approximate surface area is 150 Å². The molecule has 0 atom stereocenters. The fourth-order valence-corrected chi connectivity index (χ4v) is 2.98. The monoisotopic (exact) mass is 368 g/mol. The molecule has 0 saturated heterocycles. The van der Waals surface area contributed by atoms with E-state index < -0.39 is 0 Å². The third kappa shape index (κ3) is 5.22. The van der Waals surface area contributed by atoms with E-state index in [4.69, 9.17) is 16.3 Å². The molecule has 2 rings (SSSR count). The maximum absolute atomic E-state index is 12.1. The molecule has 0 spiro atoms. The normalized spacial score (nSPS) is 11.0. The number of nitrogens with one attached hydrogen (secondary N) is 1. The Hall–Kier alpha value is -1.57. The van der Waals surface area contributed by atoms with Gasteiger partial charge in [0.25, 0.3) is 0 Å². The van der Waals surface area contributed by atoms with Crippen LogP contribution in [0.1, 0.15) is 25.6 Å². The summed E-state index contributed by atoms with van der Waals surface area (Å²) >= 11 is 7.19. The molecule has 1 heterocycles. The molecule has 0 saturated carbocycles. The summed E-state index contributed by atoms with van der Waals surface area (Å²) in [7, 11) is 1.66. The number of amides is 1. The first-order chi connectivity index (χ1) is 11.5. The van der Waals surface area contributed by atoms with Gasteiger partial charge < -0.3 is 14.6 Å². The number of aromatic nitrogens is 3. The lowest BCUT2D eigenvalue weighted by Crippen LogP contribution is -2.15. The van der Waals surface area contributed by atoms with Crippen molar-refractivity contribution >= 4 is 35.0 Å². The standard InChI is InChI=1S/C16H21ClN4O2S/c1-11(2)15-19-20-16(21(15)8-9-23-3)24-10-14(22)18-13-6-4-12(17)5-7-13/h4-7,11H,8-10H2,1-3H3,(H,18,22). The molecule has 0 aliphatic heterocycles. The zero-order valence-electron chi connectivity index (χ0n) is 14.0. The number of hydrogen-bond donors (Lipinski definition) is 1. The van der Waals surface area contributed by atoms with E-state index in [2.05, 4.69) is 29.4 Å². The summed E-state index contributed by atoms with van der Waals surface area (Å²) in [6.07, 6.45) is 0. The van der Waals surface area contributed by atoms with Gasteiger partial charge in [0.2, 0.25) is 5.91 Å². The van der Waals surface area contributed by atoms with Crippen molar-refractivity contribution < 1.29 is 9.53 Å². The van der Waals surface area contributed by atoms with Crippen LogP contribution in [0, 0.1) is 0 Å². The first-order valence-corrected chi connectivity index (χ1v) is 8.98. The maximum atomic E-state index is 12.1. The Bertz CT molecular complexity index is 673. The smallest absolute Gasteiger partial charge is 0.234 e. The summed E-state index contributed by atoms with van der Waals surface area (Å²) in [6, 6.07) is 7.01. The van der Waals surface area contributed by atoms with Crippen LogP contribution in [0.25, 0.3) is 0 Å². The second kappa shape index (κ2) is 9.05. The quantitative estimate of drug-likeness (QED) is 0.723. The molecule has 1 N–H and O–H groups in total. The van der Waals surface area contributed by atoms with Gasteiger partial charge in [-0.1, -0.05) is 37.2 Å². The molecule has 0 aliphatic rings. The second-order valence-electron chi connectivity index (χ2n) is 5.48. The van der Waals surface area contributed by atoms with Gasteiger partial charge in [-0.15, -0.1) is 10.2 Å². The number of hydrogen-bond acceptors (Lipinski definition) is 5. The van der Waals surface area contributed by atoms with Gasteiger partial charge in [-0.2, -0.15) is 0 Å². The minimum absolute atomic E-state index is 0.102. The van der Waals surface area contributed by atoms with Crippen molar-refractivity contribution in [3.05, 3.63) is 35.1 Å². The Morgan fingerprint density at radius 3 is 2.67 bits per heavy atom. The Morgan fingerprint density at radius 2 is 2.04 bits per heavy atom. The minimum Gasteiger partial charge on any atom is -0.383 e. The molecule has 1 aromatic carbocycles. The van der Waals surface area contributed by atoms with E-state index in [1.54, 1.807) is 31.4 Å². The number of thioether (sulfide) groups is 1. The topological polar surface area (TPSA) is 69.0 Å². The van der Waals surface area contributed by atoms with Gasteiger partial charge in [0.1, 0.15) is 5.82 Å². The number of methoxy groups -OCH3 is 1. The van der Waals surface area contributed by atoms with Crippen LogP contribution < -0.4 is 5.32 Å². The first kappa shape index (κ1) is 18.8. The van der Waals surface area contributed by atoms with Crippen LogP contribution in [0.2, 0.25) is 5.02 Å². The van der Waals surface area contributed by atoms with E-state index in [-0.39, 0.29) is 17.6 Å². The summed E-state index contributed by atoms with van der Waals surface area (Å²) in [5.74, 6) is 1.31. The van der Waals surface area contributed by atoms with E-state index in [1.165, 1.54) is 11.8 Å². The van der Waals surface area contributed by atoms with Crippen LogP contribution in [0.4, 0.5) is 5.69 Å². The first-order valence-electron chi connectivity index (χ1n) is 7.61. The molecule has 0 unspecified atom stereocenters. The number of benzene rings is 1. The fraction of sp³-hybridized carbons (Fsp3) is 0.438. The summed E-state index contributed by atoms with van der Waals surface area (Å²) < 4.78 is 7.15. The number of carbonyl (C=O) groups excluding carboxylic acids is 1. The molecule has 24 heavy (non-hydrogen) atoms. The molecule has 1 aromatic heterocycles. The van der Waals surface area contributed by atoms with Crippen molar-refractivity contribution in [3.63, 3.8) is 0 Å². The van der Waals surface area contributed by atoms with Crippen LogP contribution in [-0.4, -0.2) is 40.1 Å². The SMILES string of the molecule is COCCn1c(SCC(=O)Nc2ccc(Cl)cc2)nnc1C(C)C. The molecule has 8 heteroatoms. The zero-order chi connectivity index (χ0) is 17.5. The molecule has 0 bridgehead atoms. The molecule has 1 amide bonds. The molecule has 6 nitrogen and oxygen atoms in total. The Morgan fingerprint density at radius 1 is 1.33 bits per heavy atom. The van der Waals surface area contributed by atoms with Crippen LogP contribution in [-0.2, 0) is 16.1 Å². The predicted molar refractivity (Wildman–Crippen MR) is 96.8 cm³/mol. The van der Waals surface area contributed by atoms with Crippen molar-refractivity contribution in [1.29, 1.82) is 0 Å². The van der Waals surface area contributed by atoms with Gasteiger partial charge in [-0.25, -0.2) is 0 Å². The third-order valence-electron chi connectivity index (χ3n) is 3.24. The van der Waals surface area contributed by atoms with Gasteiger partial charge in [0, 0.05) is 30.3 Å². The van der Waals surface area contributed by atoms with Gasteiger partial charge >= 0.3 is 0 Å². The minimum atomic E-state index is -0.102. The highest BCUT2D eigenvalue weighted by molar-refractivity contribution is 7.99. The summed E-state index contributed by atoms with van der Waals surface area (Å²) in [5.41, 5.74) is 0.716. The lowest BCUT2D eigenvalue weighted by molar-refractivity contribution is -0.113. The van der Waals surface area contributed by atoms with Gasteiger partial charge in [0.15, 0.2) is 5.16 Å². The van der Waals surface area contributed by atoms with Crippen molar-refractivity contribution in [3.8, 4) is 0 Å². The number of halogens is 1. The summed E-state index contributed by atoms with van der Waals surface area (Å²) in [6.45, 7) is 5.37. The summed E-state index contributed by atoms with van der Waals surface area (Å²) in [4.78, 5) is 12.1. The predicted octanol–water partition coefficient (Wildman–Crippen LogP) is 3.43. The zero-order valence-corrected chi connectivity index (χ0v) is 15.5. The fourth-order valence-electron chi connectivity index (χ4n) is 2.09. The van der Waals surface area contributed by atoms with E-state index in [9.17, 15) is 4.79 Å². The third-order valence-corrected chi connectivity index (χ3v) is 4.46. The van der Waals surface area contributed by atoms with E-state index >= 15 is 0 Å². The molecule has 2 aromatic rings. The number of ether oxygens (including phenoxy) is 1. The largest absolute Gasteiger partial charge is 0.383 e. The van der Waals surface area contributed by atoms with Crippen LogP contribution in [0.3, 0.4) is 0 Å². The van der Waals surface area contributed by atoms with Gasteiger partial charge in [-0.3, -0.25) is 4.79 Å². The average molecular weight is 369 g/mol. The van der Waals surface area contributed by atoms with Gasteiger partial charge in [0.05, 0.1) is 12.4 Å². The van der Waals surface area contributed by atoms with Crippen LogP contribution in [0.5, 0.6) is 0 Å². The van der Waals surface area contributed by atoms with Crippen molar-refractivity contribution in [1.82, 2.24) is 14.8 Å². The van der Waals surface area contributed by atoms with Crippen molar-refractivity contribution in [2.24, 2.45) is 0 Å². The van der Waals surface area contributed by atoms with Crippen molar-refractivity contribution in [2.75, 3.05) is 24.8 Å². The molecule has 0 aliphatic carbocycles. The number of rotatable bonds is 8. The molecular weight excluding hydrogens is 348 g/mol. The van der Waals surface area contributed by atoms with Crippen molar-refractivity contribution in [2.45, 2.75) is 31.5 Å². The summed E-state index contributed by atoms with van der Waals surface area (Å²) in [5, 5.41) is 12.6. The molecule has 0 radical (unpaired) electrons. The van der Waals surface area contributed by atoms with Crippen LogP contribution in [0.15, 0.2) is 29.4 Å². The number of carbonyl (C=O) groups is 1. The second-order valence-corrected chi connectivity index (χ2v) is 6.86. The average Bonchev–Trinajstić information content (AvgIpc) is 2.96. The Balaban J connectivity index is 1.97. The number of anilines is 1. The lowest BCUT2D eigenvalue weighted by Gasteiger charge is -2.11. The number of nitrogens with zero attached hydrogens (tertiary/aromatic N) is 3. The van der Waals surface area contributed by atoms with E-state index in [0.717, 1.165) is 11.0 Å². The molecule has 130 valence electrons.